The highest BCUT2D eigenvalue weighted by Crippen LogP contribution is 2.12. The Morgan fingerprint density at radius 2 is 2.00 bits per heavy atom. The van der Waals surface area contributed by atoms with Crippen molar-refractivity contribution in [3.8, 4) is 0 Å². The number of benzene rings is 1. The van der Waals surface area contributed by atoms with E-state index in [9.17, 15) is 4.79 Å². The Kier molecular flexibility index (Phi) is 3.39. The maximum absolute atomic E-state index is 12.0. The molecular weight excluding hydrogens is 264 g/mol. The van der Waals surface area contributed by atoms with E-state index in [-0.39, 0.29) is 5.56 Å². The topological polar surface area (TPSA) is 83.8 Å². The maximum Gasteiger partial charge on any atom is 0.259 e. The van der Waals surface area contributed by atoms with Crippen LogP contribution in [0.5, 0.6) is 0 Å². The molecule has 5 heteroatoms. The summed E-state index contributed by atoms with van der Waals surface area (Å²) in [6.45, 7) is 0. The van der Waals surface area contributed by atoms with Gasteiger partial charge in [-0.2, -0.15) is 0 Å². The lowest BCUT2D eigenvalue weighted by Crippen LogP contribution is -2.16. The van der Waals surface area contributed by atoms with Gasteiger partial charge in [0.1, 0.15) is 5.65 Å². The molecule has 0 atom stereocenters. The molecule has 21 heavy (non-hydrogen) atoms. The molecule has 1 aromatic carbocycles. The lowest BCUT2D eigenvalue weighted by molar-refractivity contribution is 1.21. The minimum absolute atomic E-state index is 0.259. The molecule has 0 aliphatic carbocycles. The summed E-state index contributed by atoms with van der Waals surface area (Å²) < 4.78 is 0. The summed E-state index contributed by atoms with van der Waals surface area (Å²) in [4.78, 5) is 18.9. The summed E-state index contributed by atoms with van der Waals surface area (Å²) in [6.07, 6.45) is 3.25. The third-order valence-corrected chi connectivity index (χ3v) is 3.09. The lowest BCUT2D eigenvalue weighted by atomic mass is 10.1. The van der Waals surface area contributed by atoms with Crippen LogP contribution in [0.1, 0.15) is 5.56 Å². The largest absolute Gasteiger partial charge is 0.397 e. The fraction of sp³-hybridized carbons (Fsp3) is 0. The Morgan fingerprint density at radius 3 is 2.81 bits per heavy atom. The molecule has 3 aromatic rings. The second-order valence-corrected chi connectivity index (χ2v) is 4.56. The molecule has 0 aliphatic heterocycles. The van der Waals surface area contributed by atoms with Crippen molar-refractivity contribution in [3.63, 3.8) is 0 Å². The molecule has 5 nitrogen and oxygen atoms in total. The van der Waals surface area contributed by atoms with Crippen molar-refractivity contribution in [2.45, 2.75) is 0 Å². The van der Waals surface area contributed by atoms with Gasteiger partial charge in [-0.3, -0.25) is 4.79 Å². The number of H-pyrrole nitrogens is 1. The number of rotatable bonds is 3. The second kappa shape index (κ2) is 5.50. The summed E-state index contributed by atoms with van der Waals surface area (Å²) in [6, 6.07) is 15.0. The number of nitrogens with one attached hydrogen (secondary N) is 2. The van der Waals surface area contributed by atoms with Crippen molar-refractivity contribution < 1.29 is 0 Å². The smallest absolute Gasteiger partial charge is 0.259 e. The summed E-state index contributed by atoms with van der Waals surface area (Å²) in [5.74, 6) is 0. The van der Waals surface area contributed by atoms with Crippen molar-refractivity contribution in [2.75, 3.05) is 5.32 Å². The zero-order valence-electron chi connectivity index (χ0n) is 11.2. The zero-order valence-corrected chi connectivity index (χ0v) is 11.2. The molecule has 2 aromatic heterocycles. The summed E-state index contributed by atoms with van der Waals surface area (Å²) >= 11 is 0. The number of para-hydroxylation sites is 1. The van der Waals surface area contributed by atoms with Gasteiger partial charge in [0.15, 0.2) is 0 Å². The van der Waals surface area contributed by atoms with Crippen LogP contribution in [0.4, 0.5) is 5.69 Å². The minimum Gasteiger partial charge on any atom is -0.397 e. The summed E-state index contributed by atoms with van der Waals surface area (Å²) in [5, 5.41) is 3.90. The quantitative estimate of drug-likeness (QED) is 0.686. The monoisotopic (exact) mass is 278 g/mol. The number of aromatic nitrogens is 2. The number of aromatic amines is 1. The Labute approximate surface area is 121 Å². The van der Waals surface area contributed by atoms with Gasteiger partial charge >= 0.3 is 0 Å². The molecule has 4 N–H and O–H groups in total. The van der Waals surface area contributed by atoms with Crippen LogP contribution in [0.25, 0.3) is 16.7 Å². The van der Waals surface area contributed by atoms with Crippen LogP contribution in [0.3, 0.4) is 0 Å². The van der Waals surface area contributed by atoms with E-state index in [1.807, 2.05) is 42.5 Å². The fourth-order valence-corrected chi connectivity index (χ4v) is 2.02. The van der Waals surface area contributed by atoms with E-state index in [0.717, 1.165) is 11.1 Å². The van der Waals surface area contributed by atoms with Crippen molar-refractivity contribution in [2.24, 2.45) is 5.73 Å². The first-order valence-corrected chi connectivity index (χ1v) is 6.50. The van der Waals surface area contributed by atoms with Gasteiger partial charge in [0.05, 0.1) is 11.3 Å². The van der Waals surface area contributed by atoms with Gasteiger partial charge in [-0.25, -0.2) is 4.98 Å². The number of fused-ring (bicyclic) bond motifs is 1. The highest BCUT2D eigenvalue weighted by Gasteiger charge is 2.05. The Bertz CT molecular complexity index is 853. The third-order valence-electron chi connectivity index (χ3n) is 3.09. The second-order valence-electron chi connectivity index (χ2n) is 4.56. The molecule has 0 amide bonds. The number of hydrogen-bond donors (Lipinski definition) is 3. The van der Waals surface area contributed by atoms with Gasteiger partial charge in [0, 0.05) is 23.5 Å². The van der Waals surface area contributed by atoms with E-state index in [4.69, 9.17) is 5.73 Å². The van der Waals surface area contributed by atoms with Gasteiger partial charge in [-0.05, 0) is 30.3 Å². The third kappa shape index (κ3) is 2.76. The van der Waals surface area contributed by atoms with Crippen LogP contribution in [0.2, 0.25) is 0 Å². The first kappa shape index (κ1) is 12.9. The van der Waals surface area contributed by atoms with E-state index in [1.54, 1.807) is 18.5 Å². The van der Waals surface area contributed by atoms with Gasteiger partial charge in [0.25, 0.3) is 5.56 Å². The number of nitrogens with zero attached hydrogens (tertiary/aromatic N) is 1. The molecule has 0 saturated carbocycles. The average Bonchev–Trinajstić information content (AvgIpc) is 2.53. The van der Waals surface area contributed by atoms with Gasteiger partial charge in [-0.15, -0.1) is 0 Å². The van der Waals surface area contributed by atoms with Crippen LogP contribution >= 0.6 is 0 Å². The number of anilines is 1. The van der Waals surface area contributed by atoms with E-state index < -0.39 is 0 Å². The molecule has 0 radical (unpaired) electrons. The predicted molar refractivity (Wildman–Crippen MR) is 84.6 cm³/mol. The van der Waals surface area contributed by atoms with Crippen molar-refractivity contribution in [1.82, 2.24) is 9.97 Å². The predicted octanol–water partition coefficient (Wildman–Crippen LogP) is 2.29. The highest BCUT2D eigenvalue weighted by molar-refractivity contribution is 5.79. The van der Waals surface area contributed by atoms with Crippen molar-refractivity contribution in [3.05, 3.63) is 76.8 Å². The number of pyridine rings is 2. The summed E-state index contributed by atoms with van der Waals surface area (Å²) in [7, 11) is 0. The minimum atomic E-state index is -0.259. The molecule has 2 heterocycles. The standard InChI is InChI=1S/C16H14N4O/c17-14(10-19-12-6-2-1-3-7-12)13-9-11-5-4-8-18-15(11)20-16(13)21/h1-10,19H,17H2,(H,18,20,21)/b14-10-. The number of hydrogen-bond acceptors (Lipinski definition) is 4. The molecule has 0 unspecified atom stereocenters. The Morgan fingerprint density at radius 1 is 1.19 bits per heavy atom. The maximum atomic E-state index is 12.0. The normalized spacial score (nSPS) is 11.5. The van der Waals surface area contributed by atoms with Crippen LogP contribution in [-0.2, 0) is 0 Å². The van der Waals surface area contributed by atoms with E-state index in [0.29, 0.717) is 16.9 Å². The molecule has 3 rings (SSSR count). The van der Waals surface area contributed by atoms with Crippen LogP contribution < -0.4 is 16.6 Å². The summed E-state index contributed by atoms with van der Waals surface area (Å²) in [5.41, 5.74) is 7.97. The first-order valence-electron chi connectivity index (χ1n) is 6.50. The molecule has 0 saturated heterocycles. The van der Waals surface area contributed by atoms with Crippen LogP contribution in [0.15, 0.2) is 65.7 Å². The average molecular weight is 278 g/mol. The molecular formula is C16H14N4O. The molecule has 0 bridgehead atoms. The molecule has 0 aliphatic rings. The fourth-order valence-electron chi connectivity index (χ4n) is 2.02. The van der Waals surface area contributed by atoms with Crippen molar-refractivity contribution in [1.29, 1.82) is 0 Å². The van der Waals surface area contributed by atoms with Gasteiger partial charge in [-0.1, -0.05) is 18.2 Å². The molecule has 0 spiro atoms. The highest BCUT2D eigenvalue weighted by atomic mass is 16.1. The van der Waals surface area contributed by atoms with E-state index >= 15 is 0 Å². The zero-order chi connectivity index (χ0) is 14.7. The van der Waals surface area contributed by atoms with Crippen LogP contribution in [-0.4, -0.2) is 9.97 Å². The van der Waals surface area contributed by atoms with E-state index in [2.05, 4.69) is 15.3 Å². The van der Waals surface area contributed by atoms with Gasteiger partial charge < -0.3 is 16.0 Å². The first-order chi connectivity index (χ1) is 10.2. The van der Waals surface area contributed by atoms with E-state index in [1.165, 1.54) is 0 Å². The Balaban J connectivity index is 1.95. The van der Waals surface area contributed by atoms with Gasteiger partial charge in [0.2, 0.25) is 0 Å². The Hall–Kier alpha value is -3.08. The molecule has 0 fully saturated rings. The molecule has 104 valence electrons. The number of nitrogens with two attached hydrogens (primary N) is 1. The SMILES string of the molecule is N/C(=C\Nc1ccccc1)c1cc2cccnc2[nH]c1=O. The van der Waals surface area contributed by atoms with Crippen LogP contribution in [0, 0.1) is 0 Å². The lowest BCUT2D eigenvalue weighted by Gasteiger charge is -2.05. The van der Waals surface area contributed by atoms with Crippen molar-refractivity contribution >= 4 is 22.4 Å².